The fourth-order valence-electron chi connectivity index (χ4n) is 4.39. The van der Waals surface area contributed by atoms with Crippen LogP contribution in [0.15, 0.2) is 11.6 Å². The maximum Gasteiger partial charge on any atom is 0.0754 e. The first-order valence-electron chi connectivity index (χ1n) is 7.23. The molecule has 0 radical (unpaired) electrons. The fraction of sp³-hybridized carbons (Fsp3) is 0.875. The van der Waals surface area contributed by atoms with Crippen molar-refractivity contribution in [2.24, 2.45) is 16.7 Å². The average molecular weight is 252 g/mol. The van der Waals surface area contributed by atoms with Crippen molar-refractivity contribution in [2.75, 3.05) is 0 Å². The topological polar surface area (TPSA) is 40.5 Å². The van der Waals surface area contributed by atoms with Crippen LogP contribution in [-0.2, 0) is 0 Å². The summed E-state index contributed by atoms with van der Waals surface area (Å²) in [5, 5.41) is 21.9. The van der Waals surface area contributed by atoms with E-state index in [0.717, 1.165) is 19.3 Å². The van der Waals surface area contributed by atoms with E-state index in [9.17, 15) is 10.2 Å². The van der Waals surface area contributed by atoms with Gasteiger partial charge in [-0.05, 0) is 43.9 Å². The molecule has 2 rings (SSSR count). The zero-order chi connectivity index (χ0) is 13.8. The van der Waals surface area contributed by atoms with Crippen molar-refractivity contribution in [3.8, 4) is 0 Å². The van der Waals surface area contributed by atoms with E-state index in [0.29, 0.717) is 6.42 Å². The number of aliphatic hydroxyl groups is 2. The lowest BCUT2D eigenvalue weighted by atomic mass is 9.56. The standard InChI is InChI=1S/C16H28O2/c1-11(2)16(18)9-8-14(4)7-6-12(3)10-13(17)15(14,16)5/h6,11,13,17-18H,7-10H2,1-5H3/t13-,14-,15?,16+/m0/s1. The van der Waals surface area contributed by atoms with E-state index in [1.807, 2.05) is 0 Å². The molecule has 0 aliphatic heterocycles. The quantitative estimate of drug-likeness (QED) is 0.703. The molecule has 2 nitrogen and oxygen atoms in total. The Balaban J connectivity index is 2.52. The molecule has 2 heteroatoms. The van der Waals surface area contributed by atoms with E-state index in [1.165, 1.54) is 5.57 Å². The van der Waals surface area contributed by atoms with Gasteiger partial charge in [0.2, 0.25) is 0 Å². The SMILES string of the molecule is CC1=CC[C@@]2(C)CC[C@@](O)(C(C)C)C2(C)[C@@H](O)C1. The molecule has 0 saturated heterocycles. The van der Waals surface area contributed by atoms with E-state index >= 15 is 0 Å². The number of allylic oxidation sites excluding steroid dienone is 1. The minimum atomic E-state index is -0.750. The van der Waals surface area contributed by atoms with Crippen LogP contribution >= 0.6 is 0 Å². The predicted octanol–water partition coefficient (Wildman–Crippen LogP) is 3.28. The Labute approximate surface area is 111 Å². The zero-order valence-electron chi connectivity index (χ0n) is 12.5. The second-order valence-corrected chi connectivity index (χ2v) is 7.32. The minimum absolute atomic E-state index is 0.00317. The van der Waals surface area contributed by atoms with Gasteiger partial charge in [0.1, 0.15) is 0 Å². The van der Waals surface area contributed by atoms with Crippen LogP contribution in [0, 0.1) is 16.7 Å². The molecular weight excluding hydrogens is 224 g/mol. The Morgan fingerprint density at radius 3 is 2.44 bits per heavy atom. The van der Waals surface area contributed by atoms with E-state index in [-0.39, 0.29) is 11.3 Å². The van der Waals surface area contributed by atoms with Gasteiger partial charge in [-0.2, -0.15) is 0 Å². The van der Waals surface area contributed by atoms with Crippen LogP contribution in [0.25, 0.3) is 0 Å². The summed E-state index contributed by atoms with van der Waals surface area (Å²) in [6.07, 6.45) is 5.29. The summed E-state index contributed by atoms with van der Waals surface area (Å²) in [4.78, 5) is 0. The molecule has 1 saturated carbocycles. The van der Waals surface area contributed by atoms with Crippen molar-refractivity contribution < 1.29 is 10.2 Å². The third-order valence-corrected chi connectivity index (χ3v) is 6.25. The lowest BCUT2D eigenvalue weighted by Gasteiger charge is -2.52. The highest BCUT2D eigenvalue weighted by atomic mass is 16.3. The highest BCUT2D eigenvalue weighted by Gasteiger charge is 2.66. The number of fused-ring (bicyclic) bond motifs is 1. The number of hydrogen-bond donors (Lipinski definition) is 2. The van der Waals surface area contributed by atoms with Gasteiger partial charge in [0, 0.05) is 5.41 Å². The van der Waals surface area contributed by atoms with Crippen molar-refractivity contribution in [1.29, 1.82) is 0 Å². The predicted molar refractivity (Wildman–Crippen MR) is 74.2 cm³/mol. The Morgan fingerprint density at radius 2 is 1.89 bits per heavy atom. The molecule has 4 atom stereocenters. The lowest BCUT2D eigenvalue weighted by Crippen LogP contribution is -2.58. The molecule has 2 aliphatic carbocycles. The van der Waals surface area contributed by atoms with Gasteiger partial charge in [0.25, 0.3) is 0 Å². The van der Waals surface area contributed by atoms with E-state index < -0.39 is 17.1 Å². The van der Waals surface area contributed by atoms with Gasteiger partial charge in [-0.15, -0.1) is 0 Å². The number of hydrogen-bond acceptors (Lipinski definition) is 2. The highest BCUT2D eigenvalue weighted by molar-refractivity contribution is 5.21. The molecule has 104 valence electrons. The van der Waals surface area contributed by atoms with Crippen LogP contribution in [-0.4, -0.2) is 21.9 Å². The molecule has 0 aromatic rings. The molecule has 1 fully saturated rings. The average Bonchev–Trinajstić information content (AvgIpc) is 2.45. The Bertz CT molecular complexity index is 373. The molecule has 0 aromatic carbocycles. The Hall–Kier alpha value is -0.340. The Morgan fingerprint density at radius 1 is 1.28 bits per heavy atom. The molecule has 0 bridgehead atoms. The van der Waals surface area contributed by atoms with Crippen molar-refractivity contribution in [3.05, 3.63) is 11.6 Å². The van der Waals surface area contributed by atoms with E-state index in [4.69, 9.17) is 0 Å². The van der Waals surface area contributed by atoms with Gasteiger partial charge < -0.3 is 10.2 Å². The smallest absolute Gasteiger partial charge is 0.0754 e. The van der Waals surface area contributed by atoms with Crippen molar-refractivity contribution in [3.63, 3.8) is 0 Å². The third-order valence-electron chi connectivity index (χ3n) is 6.25. The molecule has 1 unspecified atom stereocenters. The number of rotatable bonds is 1. The van der Waals surface area contributed by atoms with Crippen molar-refractivity contribution in [1.82, 2.24) is 0 Å². The van der Waals surface area contributed by atoms with Gasteiger partial charge in [-0.1, -0.05) is 39.3 Å². The monoisotopic (exact) mass is 252 g/mol. The largest absolute Gasteiger partial charge is 0.392 e. The summed E-state index contributed by atoms with van der Waals surface area (Å²) in [7, 11) is 0. The zero-order valence-corrected chi connectivity index (χ0v) is 12.5. The minimum Gasteiger partial charge on any atom is -0.392 e. The van der Waals surface area contributed by atoms with Crippen molar-refractivity contribution in [2.45, 2.75) is 72.0 Å². The van der Waals surface area contributed by atoms with Gasteiger partial charge in [-0.25, -0.2) is 0 Å². The molecule has 0 amide bonds. The van der Waals surface area contributed by atoms with Gasteiger partial charge in [0.15, 0.2) is 0 Å². The van der Waals surface area contributed by atoms with Crippen LogP contribution in [0.1, 0.15) is 60.3 Å². The maximum absolute atomic E-state index is 11.2. The maximum atomic E-state index is 11.2. The van der Waals surface area contributed by atoms with Crippen LogP contribution in [0.3, 0.4) is 0 Å². The third kappa shape index (κ3) is 1.55. The molecule has 18 heavy (non-hydrogen) atoms. The van der Waals surface area contributed by atoms with Gasteiger partial charge in [0.05, 0.1) is 11.7 Å². The fourth-order valence-corrected chi connectivity index (χ4v) is 4.39. The molecule has 2 aliphatic rings. The highest BCUT2D eigenvalue weighted by Crippen LogP contribution is 2.65. The number of aliphatic hydroxyl groups excluding tert-OH is 1. The molecule has 0 spiro atoms. The normalized spacial score (nSPS) is 48.9. The summed E-state index contributed by atoms with van der Waals surface area (Å²) in [6, 6.07) is 0. The summed E-state index contributed by atoms with van der Waals surface area (Å²) in [5.74, 6) is 0.178. The van der Waals surface area contributed by atoms with Crippen molar-refractivity contribution >= 4 is 0 Å². The first-order valence-corrected chi connectivity index (χ1v) is 7.23. The lowest BCUT2D eigenvalue weighted by molar-refractivity contribution is -0.175. The molecular formula is C16H28O2. The van der Waals surface area contributed by atoms with Gasteiger partial charge >= 0.3 is 0 Å². The molecule has 0 heterocycles. The first-order chi connectivity index (χ1) is 8.17. The summed E-state index contributed by atoms with van der Waals surface area (Å²) < 4.78 is 0. The van der Waals surface area contributed by atoms with Crippen LogP contribution in [0.2, 0.25) is 0 Å². The van der Waals surface area contributed by atoms with E-state index in [2.05, 4.69) is 40.7 Å². The first kappa shape index (κ1) is 14.1. The Kier molecular flexibility index (Phi) is 3.19. The van der Waals surface area contributed by atoms with Crippen LogP contribution in [0.4, 0.5) is 0 Å². The second kappa shape index (κ2) is 4.08. The van der Waals surface area contributed by atoms with E-state index in [1.54, 1.807) is 0 Å². The van der Waals surface area contributed by atoms with Crippen LogP contribution in [0.5, 0.6) is 0 Å². The van der Waals surface area contributed by atoms with Gasteiger partial charge in [-0.3, -0.25) is 0 Å². The molecule has 0 aromatic heterocycles. The second-order valence-electron chi connectivity index (χ2n) is 7.32. The molecule has 2 N–H and O–H groups in total. The summed E-state index contributed by atoms with van der Waals surface area (Å²) in [5.41, 5.74) is 0.0936. The summed E-state index contributed by atoms with van der Waals surface area (Å²) >= 11 is 0. The van der Waals surface area contributed by atoms with Crippen LogP contribution < -0.4 is 0 Å². The summed E-state index contributed by atoms with van der Waals surface area (Å²) in [6.45, 7) is 10.6.